The van der Waals surface area contributed by atoms with E-state index >= 15 is 0 Å². The number of hydrogen-bond donors (Lipinski definition) is 3. The van der Waals surface area contributed by atoms with Crippen LogP contribution in [-0.2, 0) is 31.6 Å². The van der Waals surface area contributed by atoms with Gasteiger partial charge in [-0.3, -0.25) is 14.4 Å². The quantitative estimate of drug-likeness (QED) is 0.0464. The van der Waals surface area contributed by atoms with E-state index in [0.717, 1.165) is 95.6 Å². The van der Waals surface area contributed by atoms with E-state index in [0.29, 0.717) is 94.4 Å². The lowest BCUT2D eigenvalue weighted by molar-refractivity contribution is -0.0435. The maximum Gasteiger partial charge on any atom is 0.501 e. The first-order valence-electron chi connectivity index (χ1n) is 26.9. The fourth-order valence-electron chi connectivity index (χ4n) is 10.4. The Morgan fingerprint density at radius 2 is 1.39 bits per heavy atom. The highest BCUT2D eigenvalue weighted by Gasteiger charge is 2.48. The number of nitrogens with zero attached hydrogens (tertiary/aromatic N) is 6. The van der Waals surface area contributed by atoms with Gasteiger partial charge in [0.05, 0.1) is 35.1 Å². The third-order valence-corrected chi connectivity index (χ3v) is 19.5. The number of sulfone groups is 1. The number of sulfonamides is 1. The molecule has 9 rings (SSSR count). The van der Waals surface area contributed by atoms with Crippen molar-refractivity contribution in [3.05, 3.63) is 138 Å². The number of nitrogens with one attached hydrogen (secondary N) is 3. The van der Waals surface area contributed by atoms with E-state index < -0.39 is 41.2 Å². The Labute approximate surface area is 477 Å². The van der Waals surface area contributed by atoms with Gasteiger partial charge < -0.3 is 39.5 Å². The van der Waals surface area contributed by atoms with Crippen LogP contribution < -0.4 is 25.2 Å². The van der Waals surface area contributed by atoms with Crippen molar-refractivity contribution in [2.24, 2.45) is 7.05 Å². The van der Waals surface area contributed by atoms with E-state index in [9.17, 15) is 34.8 Å². The molecular formula is C58H69ClF3N9O6S3. The number of anilines is 4. The maximum absolute atomic E-state index is 14.3. The van der Waals surface area contributed by atoms with Crippen LogP contribution in [0.2, 0.25) is 5.02 Å². The summed E-state index contributed by atoms with van der Waals surface area (Å²) in [6, 6.07) is 34.3. The van der Waals surface area contributed by atoms with Crippen molar-refractivity contribution >= 4 is 71.9 Å². The van der Waals surface area contributed by atoms with E-state index in [2.05, 4.69) is 63.6 Å². The molecule has 0 unspecified atom stereocenters. The fourth-order valence-corrected chi connectivity index (χ4v) is 13.7. The predicted octanol–water partition coefficient (Wildman–Crippen LogP) is 9.40. The van der Waals surface area contributed by atoms with Gasteiger partial charge in [-0.05, 0) is 123 Å². The van der Waals surface area contributed by atoms with Crippen molar-refractivity contribution in [1.29, 1.82) is 0 Å². The SMILES string of the molecule is Cc1c(C(=O)NCCCN2CCN(C)CC2)c(-c2cccc(N3CCN(c4ccc(NS(=O)(=O)c5ccc(N[C@H](CCN6CCOCC6)CSc6ccccc6)c(S(=O)(=O)C(F)(F)F)c5)cc4)CC3)c2)c(-c2ccc(Cl)cc2)n1C. The van der Waals surface area contributed by atoms with Gasteiger partial charge in [0.2, 0.25) is 0 Å². The number of hydrogen-bond acceptors (Lipinski definition) is 13. The number of likely N-dealkylation sites (N-methyl/N-ethyl adjacent to an activating group) is 1. The molecule has 15 nitrogen and oxygen atoms in total. The molecular weight excluding hydrogens is 1110 g/mol. The van der Waals surface area contributed by atoms with Crippen molar-refractivity contribution in [2.75, 3.05) is 131 Å². The van der Waals surface area contributed by atoms with Crippen LogP contribution in [0.1, 0.15) is 28.9 Å². The monoisotopic (exact) mass is 1180 g/mol. The second kappa shape index (κ2) is 26.0. The van der Waals surface area contributed by atoms with Gasteiger partial charge in [0.25, 0.3) is 25.8 Å². The molecule has 22 heteroatoms. The van der Waals surface area contributed by atoms with Gasteiger partial charge in [0.1, 0.15) is 4.90 Å². The summed E-state index contributed by atoms with van der Waals surface area (Å²) in [5.41, 5.74) is 0.983. The lowest BCUT2D eigenvalue weighted by Gasteiger charge is -2.37. The van der Waals surface area contributed by atoms with Crippen LogP contribution >= 0.6 is 23.4 Å². The highest BCUT2D eigenvalue weighted by atomic mass is 35.5. The number of carbonyl (C=O) groups is 1. The highest BCUT2D eigenvalue weighted by molar-refractivity contribution is 7.99. The van der Waals surface area contributed by atoms with Crippen molar-refractivity contribution < 1.29 is 39.5 Å². The Morgan fingerprint density at radius 3 is 2.06 bits per heavy atom. The van der Waals surface area contributed by atoms with Crippen LogP contribution in [0.15, 0.2) is 136 Å². The first-order valence-corrected chi connectivity index (χ1v) is 31.2. The lowest BCUT2D eigenvalue weighted by atomic mass is 9.95. The summed E-state index contributed by atoms with van der Waals surface area (Å²) < 4.78 is 107. The van der Waals surface area contributed by atoms with Crippen molar-refractivity contribution in [3.8, 4) is 22.4 Å². The van der Waals surface area contributed by atoms with Crippen LogP contribution in [0.5, 0.6) is 0 Å². The minimum absolute atomic E-state index is 0.120. The van der Waals surface area contributed by atoms with Gasteiger partial charge in [-0.1, -0.05) is 54.1 Å². The second-order valence-electron chi connectivity index (χ2n) is 20.5. The Kier molecular flexibility index (Phi) is 19.1. The molecule has 5 aromatic carbocycles. The number of halogens is 4. The van der Waals surface area contributed by atoms with Crippen LogP contribution in [0, 0.1) is 6.92 Å². The molecule has 0 radical (unpaired) electrons. The smallest absolute Gasteiger partial charge is 0.380 e. The summed E-state index contributed by atoms with van der Waals surface area (Å²) in [6.45, 7) is 13.2. The first kappa shape index (κ1) is 58.9. The molecule has 80 heavy (non-hydrogen) atoms. The third-order valence-electron chi connectivity index (χ3n) is 15.1. The summed E-state index contributed by atoms with van der Waals surface area (Å²) in [7, 11) is -6.47. The van der Waals surface area contributed by atoms with Gasteiger partial charge in [-0.25, -0.2) is 16.8 Å². The number of thioether (sulfide) groups is 1. The molecule has 0 bridgehead atoms. The standard InChI is InChI=1S/C58H69ClF3N9O6S3/c1-42-54(57(72)63-24-8-25-68-29-27-66(2)28-30-68)55(56(67(42)3)43-13-15-45(59)16-14-43)44-9-7-10-49(39-44)71-33-31-70(32-34-71)48-19-17-46(18-20-48)65-80(75,76)51-21-22-52(53(40-51)79(73,74)58(60,61)62)64-47(23-26-69-35-37-77-38-36-69)41-78-50-11-5-4-6-12-50/h4-7,9-22,39-40,47,64-65H,8,23-38,41H2,1-3H3,(H,63,72)/t47-/m1/s1. The number of ether oxygens (including phenoxy) is 1. The van der Waals surface area contributed by atoms with Crippen LogP contribution in [-0.4, -0.2) is 165 Å². The number of alkyl halides is 3. The molecule has 1 aromatic heterocycles. The Balaban J connectivity index is 0.874. The van der Waals surface area contributed by atoms with Crippen LogP contribution in [0.4, 0.5) is 35.9 Å². The van der Waals surface area contributed by atoms with Gasteiger partial charge in [0, 0.05) is 136 Å². The predicted molar refractivity (Wildman–Crippen MR) is 315 cm³/mol. The Bertz CT molecular complexity index is 3300. The average Bonchev–Trinajstić information content (AvgIpc) is 3.81. The first-order chi connectivity index (χ1) is 38.3. The molecule has 1 atom stereocenters. The van der Waals surface area contributed by atoms with E-state index in [4.69, 9.17) is 16.3 Å². The van der Waals surface area contributed by atoms with Gasteiger partial charge in [0.15, 0.2) is 0 Å². The molecule has 6 aromatic rings. The van der Waals surface area contributed by atoms with Gasteiger partial charge in [-0.2, -0.15) is 13.2 Å². The fraction of sp³-hybridized carbons (Fsp3) is 0.397. The molecule has 3 N–H and O–H groups in total. The van der Waals surface area contributed by atoms with E-state index in [-0.39, 0.29) is 17.3 Å². The van der Waals surface area contributed by atoms with E-state index in [1.54, 1.807) is 24.3 Å². The number of amides is 1. The Morgan fingerprint density at radius 1 is 0.725 bits per heavy atom. The van der Waals surface area contributed by atoms with E-state index in [1.165, 1.54) is 11.8 Å². The van der Waals surface area contributed by atoms with Crippen molar-refractivity contribution in [1.82, 2.24) is 24.6 Å². The number of rotatable bonds is 21. The molecule has 3 aliphatic heterocycles. The largest absolute Gasteiger partial charge is 0.501 e. The molecule has 3 aliphatic rings. The maximum atomic E-state index is 14.3. The molecule has 1 amide bonds. The zero-order chi connectivity index (χ0) is 56.6. The highest BCUT2D eigenvalue weighted by Crippen LogP contribution is 2.41. The second-order valence-corrected chi connectivity index (χ2v) is 25.6. The van der Waals surface area contributed by atoms with Gasteiger partial charge >= 0.3 is 5.51 Å². The topological polar surface area (TPSA) is 152 Å². The van der Waals surface area contributed by atoms with Crippen LogP contribution in [0.3, 0.4) is 0 Å². The molecule has 0 aliphatic carbocycles. The number of carbonyl (C=O) groups excluding carboxylic acids is 1. The number of morpholine rings is 1. The number of piperazine rings is 2. The molecule has 0 spiro atoms. The average molecular weight is 1180 g/mol. The zero-order valence-corrected chi connectivity index (χ0v) is 48.4. The third kappa shape index (κ3) is 14.3. The summed E-state index contributed by atoms with van der Waals surface area (Å²) in [5, 5.41) is 6.91. The molecule has 428 valence electrons. The molecule has 4 heterocycles. The van der Waals surface area contributed by atoms with Crippen molar-refractivity contribution in [3.63, 3.8) is 0 Å². The number of benzene rings is 5. The van der Waals surface area contributed by atoms with Gasteiger partial charge in [-0.15, -0.1) is 11.8 Å². The summed E-state index contributed by atoms with van der Waals surface area (Å²) in [5.74, 6) is 0.273. The number of aromatic nitrogens is 1. The summed E-state index contributed by atoms with van der Waals surface area (Å²) >= 11 is 7.82. The molecule has 3 fully saturated rings. The molecule has 0 saturated carbocycles. The molecule has 3 saturated heterocycles. The summed E-state index contributed by atoms with van der Waals surface area (Å²) in [4.78, 5) is 24.8. The van der Waals surface area contributed by atoms with Crippen LogP contribution in [0.25, 0.3) is 22.4 Å². The zero-order valence-electron chi connectivity index (χ0n) is 45.2. The lowest BCUT2D eigenvalue weighted by Crippen LogP contribution is -2.46. The normalized spacial score (nSPS) is 16.6. The minimum atomic E-state index is -6.01. The summed E-state index contributed by atoms with van der Waals surface area (Å²) in [6.07, 6.45) is 1.31. The minimum Gasteiger partial charge on any atom is -0.380 e. The van der Waals surface area contributed by atoms with Crippen molar-refractivity contribution in [2.45, 2.75) is 46.0 Å². The Hall–Kier alpha value is -5.78. The van der Waals surface area contributed by atoms with E-state index in [1.807, 2.05) is 80.7 Å².